The first-order valence-corrected chi connectivity index (χ1v) is 5.10. The van der Waals surface area contributed by atoms with Crippen LogP contribution in [0, 0.1) is 0 Å². The van der Waals surface area contributed by atoms with Crippen molar-refractivity contribution in [3.05, 3.63) is 29.3 Å². The molecule has 1 aromatic carbocycles. The van der Waals surface area contributed by atoms with Crippen molar-refractivity contribution in [1.82, 2.24) is 4.90 Å². The maximum absolute atomic E-state index is 12.3. The van der Waals surface area contributed by atoms with E-state index in [9.17, 15) is 3.89 Å². The quantitative estimate of drug-likeness (QED) is 0.681. The van der Waals surface area contributed by atoms with Gasteiger partial charge in [0.1, 0.15) is 0 Å². The Morgan fingerprint density at radius 1 is 1.38 bits per heavy atom. The Balaban J connectivity index is 2.32. The summed E-state index contributed by atoms with van der Waals surface area (Å²) in [5, 5.41) is 0. The van der Waals surface area contributed by atoms with Crippen molar-refractivity contribution in [1.29, 1.82) is 0 Å². The molecule has 1 aliphatic rings. The third-order valence-electron chi connectivity index (χ3n) is 2.47. The Hall–Kier alpha value is -0.540. The van der Waals surface area contributed by atoms with Gasteiger partial charge in [0.2, 0.25) is 0 Å². The molecule has 2 rings (SSSR count). The smallest absolute Gasteiger partial charge is 0.0812 e. The zero-order chi connectivity index (χ0) is 9.26. The molecule has 0 atom stereocenters. The Kier molecular flexibility index (Phi) is 2.56. The van der Waals surface area contributed by atoms with Crippen LogP contribution in [0.2, 0.25) is 0 Å². The molecule has 0 aromatic heterocycles. The van der Waals surface area contributed by atoms with Gasteiger partial charge in [-0.3, -0.25) is 0 Å². The van der Waals surface area contributed by atoms with Crippen molar-refractivity contribution in [2.75, 3.05) is 13.6 Å². The largest absolute Gasteiger partial charge is 0.302 e. The van der Waals surface area contributed by atoms with Gasteiger partial charge in [-0.15, -0.1) is 0 Å². The zero-order valence-corrected chi connectivity index (χ0v) is 8.40. The van der Waals surface area contributed by atoms with E-state index < -0.39 is 0 Å². The van der Waals surface area contributed by atoms with Gasteiger partial charge in [-0.25, -0.2) is 0 Å². The van der Waals surface area contributed by atoms with Gasteiger partial charge in [0.05, 0.1) is 12.1 Å². The fourth-order valence-corrected chi connectivity index (χ4v) is 2.03. The molecule has 3 heteroatoms. The van der Waals surface area contributed by atoms with Gasteiger partial charge in [-0.05, 0) is 36.7 Å². The number of halogens is 1. The predicted octanol–water partition coefficient (Wildman–Crippen LogP) is 2.65. The minimum absolute atomic E-state index is 0.324. The monoisotopic (exact) mass is 197 g/mol. The fourth-order valence-electron chi connectivity index (χ4n) is 1.72. The van der Waals surface area contributed by atoms with Crippen molar-refractivity contribution < 1.29 is 3.89 Å². The van der Waals surface area contributed by atoms with E-state index in [0.29, 0.717) is 17.0 Å². The van der Waals surface area contributed by atoms with Gasteiger partial charge in [0, 0.05) is 18.0 Å². The highest BCUT2D eigenvalue weighted by Crippen LogP contribution is 2.25. The summed E-state index contributed by atoms with van der Waals surface area (Å²) in [5.41, 5.74) is 2.65. The van der Waals surface area contributed by atoms with E-state index >= 15 is 0 Å². The summed E-state index contributed by atoms with van der Waals surface area (Å²) < 4.78 is 12.3. The predicted molar refractivity (Wildman–Crippen MR) is 53.4 cm³/mol. The molecule has 0 amide bonds. The van der Waals surface area contributed by atoms with Crippen LogP contribution in [0.5, 0.6) is 0 Å². The van der Waals surface area contributed by atoms with E-state index in [-0.39, 0.29) is 0 Å². The van der Waals surface area contributed by atoms with Crippen LogP contribution in [0.4, 0.5) is 3.89 Å². The van der Waals surface area contributed by atoms with Gasteiger partial charge in [0.25, 0.3) is 0 Å². The lowest BCUT2D eigenvalue weighted by molar-refractivity contribution is 0.312. The van der Waals surface area contributed by atoms with E-state index in [0.717, 1.165) is 19.5 Å². The highest BCUT2D eigenvalue weighted by molar-refractivity contribution is 7.94. The van der Waals surface area contributed by atoms with Crippen LogP contribution in [0.3, 0.4) is 0 Å². The number of benzene rings is 1. The van der Waals surface area contributed by atoms with Gasteiger partial charge < -0.3 is 4.90 Å². The van der Waals surface area contributed by atoms with Crippen LogP contribution in [-0.4, -0.2) is 18.5 Å². The molecule has 1 aromatic rings. The number of fused-ring (bicyclic) bond motifs is 1. The normalized spacial score (nSPS) is 17.1. The second kappa shape index (κ2) is 3.68. The molecule has 0 unspecified atom stereocenters. The van der Waals surface area contributed by atoms with Gasteiger partial charge in [0.15, 0.2) is 0 Å². The molecule has 0 saturated carbocycles. The fraction of sp³-hybridized carbons (Fsp3) is 0.400. The highest BCUT2D eigenvalue weighted by atomic mass is 32.2. The summed E-state index contributed by atoms with van der Waals surface area (Å²) in [5.74, 6) is 0. The zero-order valence-electron chi connectivity index (χ0n) is 7.59. The summed E-state index contributed by atoms with van der Waals surface area (Å²) in [4.78, 5) is 2.98. The summed E-state index contributed by atoms with van der Waals surface area (Å²) in [6.45, 7) is 2.05. The molecule has 1 aliphatic heterocycles. The lowest BCUT2D eigenvalue weighted by Crippen LogP contribution is -2.26. The second-order valence-corrected chi connectivity index (χ2v) is 4.12. The maximum Gasteiger partial charge on any atom is 0.0812 e. The van der Waals surface area contributed by atoms with Crippen LogP contribution < -0.4 is 0 Å². The van der Waals surface area contributed by atoms with E-state index in [1.807, 2.05) is 18.2 Å². The first-order valence-electron chi connectivity index (χ1n) is 4.38. The molecule has 1 nitrogen and oxygen atoms in total. The number of hydrogen-bond donors (Lipinski definition) is 0. The summed E-state index contributed by atoms with van der Waals surface area (Å²) >= 11 is 0.324. The molecule has 13 heavy (non-hydrogen) atoms. The number of likely N-dealkylation sites (N-methyl/N-ethyl adjacent to an activating group) is 1. The molecule has 0 saturated heterocycles. The average molecular weight is 197 g/mol. The SMILES string of the molecule is CN1CCc2ccc(SF)cc2C1. The highest BCUT2D eigenvalue weighted by Gasteiger charge is 2.13. The van der Waals surface area contributed by atoms with Crippen LogP contribution in [0.15, 0.2) is 23.1 Å². The third kappa shape index (κ3) is 1.86. The number of rotatable bonds is 1. The number of hydrogen-bond acceptors (Lipinski definition) is 2. The topological polar surface area (TPSA) is 3.24 Å². The van der Waals surface area contributed by atoms with E-state index in [1.165, 1.54) is 11.1 Å². The first kappa shape index (κ1) is 9.03. The minimum Gasteiger partial charge on any atom is -0.302 e. The molecule has 0 fully saturated rings. The van der Waals surface area contributed by atoms with Gasteiger partial charge in [-0.2, -0.15) is 3.89 Å². The Bertz CT molecular complexity index is 314. The lowest BCUT2D eigenvalue weighted by Gasteiger charge is -2.24. The summed E-state index contributed by atoms with van der Waals surface area (Å²) in [7, 11) is 2.10. The Morgan fingerprint density at radius 3 is 3.00 bits per heavy atom. The first-order chi connectivity index (χ1) is 6.29. The van der Waals surface area contributed by atoms with Crippen molar-refractivity contribution in [3.8, 4) is 0 Å². The second-order valence-electron chi connectivity index (χ2n) is 3.50. The van der Waals surface area contributed by atoms with E-state index in [2.05, 4.69) is 11.9 Å². The Labute approximate surface area is 82.2 Å². The van der Waals surface area contributed by atoms with Crippen molar-refractivity contribution in [2.24, 2.45) is 0 Å². The van der Waals surface area contributed by atoms with Crippen LogP contribution >= 0.6 is 12.1 Å². The maximum atomic E-state index is 12.3. The number of nitrogens with zero attached hydrogens (tertiary/aromatic N) is 1. The molecule has 0 spiro atoms. The van der Waals surface area contributed by atoms with Crippen molar-refractivity contribution >= 4 is 12.1 Å². The van der Waals surface area contributed by atoms with Gasteiger partial charge >= 0.3 is 0 Å². The molecule has 0 radical (unpaired) electrons. The molecule has 0 bridgehead atoms. The molecule has 0 aliphatic carbocycles. The third-order valence-corrected chi connectivity index (χ3v) is 2.90. The van der Waals surface area contributed by atoms with Crippen LogP contribution in [0.25, 0.3) is 0 Å². The van der Waals surface area contributed by atoms with Crippen LogP contribution in [0.1, 0.15) is 11.1 Å². The molecule has 1 heterocycles. The van der Waals surface area contributed by atoms with Crippen molar-refractivity contribution in [2.45, 2.75) is 17.9 Å². The standard InChI is InChI=1S/C10H12FNS/c1-12-5-4-8-2-3-10(13-11)6-9(8)7-12/h2-3,6H,4-5,7H2,1H3. The lowest BCUT2D eigenvalue weighted by atomic mass is 10.0. The van der Waals surface area contributed by atoms with Crippen molar-refractivity contribution in [3.63, 3.8) is 0 Å². The average Bonchev–Trinajstić information content (AvgIpc) is 2.16. The molecule has 70 valence electrons. The minimum atomic E-state index is 0.324. The summed E-state index contributed by atoms with van der Waals surface area (Å²) in [6, 6.07) is 5.86. The Morgan fingerprint density at radius 2 is 2.23 bits per heavy atom. The van der Waals surface area contributed by atoms with Crippen LogP contribution in [-0.2, 0) is 13.0 Å². The van der Waals surface area contributed by atoms with E-state index in [4.69, 9.17) is 0 Å². The van der Waals surface area contributed by atoms with E-state index in [1.54, 1.807) is 0 Å². The molecular formula is C10H12FNS. The summed E-state index contributed by atoms with van der Waals surface area (Å²) in [6.07, 6.45) is 1.09. The van der Waals surface area contributed by atoms with Gasteiger partial charge in [-0.1, -0.05) is 6.07 Å². The molecular weight excluding hydrogens is 185 g/mol. The molecule has 0 N–H and O–H groups in total.